The maximum absolute atomic E-state index is 5.94. The minimum absolute atomic E-state index is 0.224. The van der Waals surface area contributed by atoms with Crippen molar-refractivity contribution in [3.63, 3.8) is 0 Å². The molecular weight excluding hydrogens is 226 g/mol. The van der Waals surface area contributed by atoms with Crippen LogP contribution in [0, 0.1) is 6.92 Å². The third-order valence-corrected chi connectivity index (χ3v) is 3.13. The van der Waals surface area contributed by atoms with E-state index >= 15 is 0 Å². The predicted molar refractivity (Wildman–Crippen MR) is 71.2 cm³/mol. The summed E-state index contributed by atoms with van der Waals surface area (Å²) in [5, 5.41) is 8.70. The molecule has 0 bridgehead atoms. The van der Waals surface area contributed by atoms with Crippen LogP contribution >= 0.6 is 0 Å². The van der Waals surface area contributed by atoms with Crippen LogP contribution in [-0.4, -0.2) is 25.6 Å². The SMILES string of the molecule is CCC(N)Cc1cnn(Cc2cc(C)nn2C)c1. The van der Waals surface area contributed by atoms with Gasteiger partial charge in [0, 0.05) is 19.3 Å². The van der Waals surface area contributed by atoms with E-state index in [-0.39, 0.29) is 6.04 Å². The third kappa shape index (κ3) is 2.98. The molecule has 18 heavy (non-hydrogen) atoms. The van der Waals surface area contributed by atoms with Crippen LogP contribution in [-0.2, 0) is 20.0 Å². The molecule has 98 valence electrons. The summed E-state index contributed by atoms with van der Waals surface area (Å²) in [4.78, 5) is 0. The number of hydrogen-bond acceptors (Lipinski definition) is 3. The lowest BCUT2D eigenvalue weighted by Crippen LogP contribution is -2.21. The normalized spacial score (nSPS) is 12.9. The van der Waals surface area contributed by atoms with Gasteiger partial charge in [-0.1, -0.05) is 6.92 Å². The van der Waals surface area contributed by atoms with E-state index in [4.69, 9.17) is 5.73 Å². The van der Waals surface area contributed by atoms with Gasteiger partial charge in [0.15, 0.2) is 0 Å². The first kappa shape index (κ1) is 12.8. The van der Waals surface area contributed by atoms with E-state index in [1.54, 1.807) is 0 Å². The van der Waals surface area contributed by atoms with Crippen LogP contribution in [0.25, 0.3) is 0 Å². The average Bonchev–Trinajstić information content (AvgIpc) is 2.87. The van der Waals surface area contributed by atoms with Gasteiger partial charge < -0.3 is 5.73 Å². The number of nitrogens with zero attached hydrogens (tertiary/aromatic N) is 4. The fourth-order valence-corrected chi connectivity index (χ4v) is 2.02. The first-order valence-corrected chi connectivity index (χ1v) is 6.35. The summed E-state index contributed by atoms with van der Waals surface area (Å²) in [6.45, 7) is 4.85. The van der Waals surface area contributed by atoms with Gasteiger partial charge in [-0.05, 0) is 31.4 Å². The number of aryl methyl sites for hydroxylation is 2. The molecule has 0 aliphatic rings. The zero-order valence-corrected chi connectivity index (χ0v) is 11.3. The molecule has 0 radical (unpaired) electrons. The highest BCUT2D eigenvalue weighted by Gasteiger charge is 2.06. The zero-order valence-electron chi connectivity index (χ0n) is 11.3. The molecular formula is C13H21N5. The Kier molecular flexibility index (Phi) is 3.81. The van der Waals surface area contributed by atoms with Crippen molar-refractivity contribution in [2.24, 2.45) is 12.8 Å². The second kappa shape index (κ2) is 5.35. The molecule has 2 N–H and O–H groups in total. The number of hydrogen-bond donors (Lipinski definition) is 1. The van der Waals surface area contributed by atoms with Crippen LogP contribution < -0.4 is 5.73 Å². The van der Waals surface area contributed by atoms with Crippen LogP contribution in [0.15, 0.2) is 18.5 Å². The molecule has 2 heterocycles. The second-order valence-corrected chi connectivity index (χ2v) is 4.82. The minimum Gasteiger partial charge on any atom is -0.327 e. The number of aromatic nitrogens is 4. The monoisotopic (exact) mass is 247 g/mol. The predicted octanol–water partition coefficient (Wildman–Crippen LogP) is 1.25. The Bertz CT molecular complexity index is 511. The Morgan fingerprint density at radius 1 is 1.44 bits per heavy atom. The van der Waals surface area contributed by atoms with Crippen molar-refractivity contribution < 1.29 is 0 Å². The van der Waals surface area contributed by atoms with Crippen molar-refractivity contribution in [3.05, 3.63) is 35.4 Å². The highest BCUT2D eigenvalue weighted by atomic mass is 15.3. The van der Waals surface area contributed by atoms with Crippen LogP contribution in [0.3, 0.4) is 0 Å². The summed E-state index contributed by atoms with van der Waals surface area (Å²) in [6.07, 6.45) is 5.85. The van der Waals surface area contributed by atoms with E-state index in [0.29, 0.717) is 0 Å². The van der Waals surface area contributed by atoms with E-state index in [2.05, 4.69) is 29.4 Å². The molecule has 0 aromatic carbocycles. The summed E-state index contributed by atoms with van der Waals surface area (Å²) in [6, 6.07) is 2.31. The van der Waals surface area contributed by atoms with E-state index < -0.39 is 0 Å². The number of rotatable bonds is 5. The molecule has 2 aromatic heterocycles. The maximum atomic E-state index is 5.94. The number of nitrogens with two attached hydrogens (primary N) is 1. The van der Waals surface area contributed by atoms with Gasteiger partial charge in [0.2, 0.25) is 0 Å². The van der Waals surface area contributed by atoms with E-state index in [1.165, 1.54) is 5.56 Å². The van der Waals surface area contributed by atoms with Crippen LogP contribution in [0.5, 0.6) is 0 Å². The summed E-state index contributed by atoms with van der Waals surface area (Å²) < 4.78 is 3.84. The largest absolute Gasteiger partial charge is 0.327 e. The molecule has 1 atom stereocenters. The summed E-state index contributed by atoms with van der Waals surface area (Å²) >= 11 is 0. The molecule has 0 aliphatic carbocycles. The molecule has 5 nitrogen and oxygen atoms in total. The van der Waals surface area contributed by atoms with E-state index in [1.807, 2.05) is 29.5 Å². The molecule has 0 aliphatic heterocycles. The van der Waals surface area contributed by atoms with E-state index in [0.717, 1.165) is 30.8 Å². The summed E-state index contributed by atoms with van der Waals surface area (Å²) in [5.41, 5.74) is 9.33. The molecule has 0 saturated carbocycles. The first-order chi connectivity index (χ1) is 8.58. The van der Waals surface area contributed by atoms with Crippen LogP contribution in [0.1, 0.15) is 30.3 Å². The standard InChI is InChI=1S/C13H21N5/c1-4-12(14)6-11-7-15-18(8-11)9-13-5-10(2)16-17(13)3/h5,7-8,12H,4,6,9,14H2,1-3H3. The summed E-state index contributed by atoms with van der Waals surface area (Å²) in [5.74, 6) is 0. The fraction of sp³-hybridized carbons (Fsp3) is 0.538. The Labute approximate surface area is 108 Å². The molecule has 2 rings (SSSR count). The highest BCUT2D eigenvalue weighted by Crippen LogP contribution is 2.07. The van der Waals surface area contributed by atoms with Crippen LogP contribution in [0.2, 0.25) is 0 Å². The van der Waals surface area contributed by atoms with Crippen molar-refractivity contribution >= 4 is 0 Å². The lowest BCUT2D eigenvalue weighted by molar-refractivity contribution is 0.616. The Morgan fingerprint density at radius 2 is 2.22 bits per heavy atom. The Hall–Kier alpha value is -1.62. The molecule has 5 heteroatoms. The molecule has 0 fully saturated rings. The first-order valence-electron chi connectivity index (χ1n) is 6.35. The second-order valence-electron chi connectivity index (χ2n) is 4.82. The summed E-state index contributed by atoms with van der Waals surface area (Å²) in [7, 11) is 1.96. The van der Waals surface area contributed by atoms with Crippen molar-refractivity contribution in [1.29, 1.82) is 0 Å². The van der Waals surface area contributed by atoms with Gasteiger partial charge in [-0.3, -0.25) is 9.36 Å². The average molecular weight is 247 g/mol. The molecule has 0 spiro atoms. The van der Waals surface area contributed by atoms with Crippen molar-refractivity contribution in [2.75, 3.05) is 0 Å². The quantitative estimate of drug-likeness (QED) is 0.865. The zero-order chi connectivity index (χ0) is 13.1. The minimum atomic E-state index is 0.224. The van der Waals surface area contributed by atoms with Crippen molar-refractivity contribution in [1.82, 2.24) is 19.6 Å². The van der Waals surface area contributed by atoms with Crippen molar-refractivity contribution in [2.45, 2.75) is 39.3 Å². The lowest BCUT2D eigenvalue weighted by Gasteiger charge is -2.05. The van der Waals surface area contributed by atoms with E-state index in [9.17, 15) is 0 Å². The van der Waals surface area contributed by atoms with Gasteiger partial charge in [-0.15, -0.1) is 0 Å². The van der Waals surface area contributed by atoms with Gasteiger partial charge in [0.1, 0.15) is 0 Å². The van der Waals surface area contributed by atoms with Gasteiger partial charge in [0.25, 0.3) is 0 Å². The van der Waals surface area contributed by atoms with Gasteiger partial charge in [-0.25, -0.2) is 0 Å². The Balaban J connectivity index is 2.04. The Morgan fingerprint density at radius 3 is 2.83 bits per heavy atom. The maximum Gasteiger partial charge on any atom is 0.0828 e. The van der Waals surface area contributed by atoms with Gasteiger partial charge in [0.05, 0.1) is 24.1 Å². The third-order valence-electron chi connectivity index (χ3n) is 3.13. The smallest absolute Gasteiger partial charge is 0.0828 e. The molecule has 2 aromatic rings. The highest BCUT2D eigenvalue weighted by molar-refractivity contribution is 5.11. The topological polar surface area (TPSA) is 61.7 Å². The lowest BCUT2D eigenvalue weighted by atomic mass is 10.1. The van der Waals surface area contributed by atoms with Gasteiger partial charge in [-0.2, -0.15) is 10.2 Å². The molecule has 1 unspecified atom stereocenters. The molecule has 0 amide bonds. The van der Waals surface area contributed by atoms with Crippen LogP contribution in [0.4, 0.5) is 0 Å². The fourth-order valence-electron chi connectivity index (χ4n) is 2.02. The van der Waals surface area contributed by atoms with Gasteiger partial charge >= 0.3 is 0 Å². The van der Waals surface area contributed by atoms with Crippen molar-refractivity contribution in [3.8, 4) is 0 Å². The molecule has 0 saturated heterocycles.